The van der Waals surface area contributed by atoms with E-state index in [1.165, 1.54) is 11.1 Å². The van der Waals surface area contributed by atoms with Crippen molar-refractivity contribution in [3.63, 3.8) is 0 Å². The Hall–Kier alpha value is -2.13. The molecule has 0 saturated carbocycles. The monoisotopic (exact) mass is 251 g/mol. The van der Waals surface area contributed by atoms with Gasteiger partial charge in [0, 0.05) is 12.2 Å². The Morgan fingerprint density at radius 1 is 1.16 bits per heavy atom. The number of benzene rings is 2. The molecule has 0 fully saturated rings. The third-order valence-electron chi connectivity index (χ3n) is 3.43. The van der Waals surface area contributed by atoms with Gasteiger partial charge in [0.25, 0.3) is 0 Å². The first-order valence-electron chi connectivity index (χ1n) is 6.46. The van der Waals surface area contributed by atoms with Gasteiger partial charge in [0.15, 0.2) is 0 Å². The first-order chi connectivity index (χ1) is 9.29. The van der Waals surface area contributed by atoms with Crippen molar-refractivity contribution in [2.45, 2.75) is 13.5 Å². The Bertz CT molecular complexity index is 713. The molecule has 3 nitrogen and oxygen atoms in total. The maximum atomic E-state index is 4.43. The zero-order chi connectivity index (χ0) is 13.2. The molecule has 3 heteroatoms. The van der Waals surface area contributed by atoms with E-state index < -0.39 is 0 Å². The summed E-state index contributed by atoms with van der Waals surface area (Å²) in [4.78, 5) is 4.43. The summed E-state index contributed by atoms with van der Waals surface area (Å²) >= 11 is 0. The van der Waals surface area contributed by atoms with Crippen LogP contribution in [0, 0.1) is 6.92 Å². The van der Waals surface area contributed by atoms with Crippen LogP contribution in [0.5, 0.6) is 0 Å². The maximum Gasteiger partial charge on any atom is 0.100 e. The fraction of sp³-hybridized carbons (Fsp3) is 0.188. The van der Waals surface area contributed by atoms with Gasteiger partial charge in [-0.2, -0.15) is 0 Å². The van der Waals surface area contributed by atoms with E-state index in [0.29, 0.717) is 0 Å². The molecule has 0 aliphatic carbocycles. The van der Waals surface area contributed by atoms with Crippen molar-refractivity contribution in [2.75, 3.05) is 7.05 Å². The van der Waals surface area contributed by atoms with E-state index in [2.05, 4.69) is 46.1 Å². The van der Waals surface area contributed by atoms with Crippen molar-refractivity contribution in [2.24, 2.45) is 0 Å². The highest BCUT2D eigenvalue weighted by Gasteiger charge is 2.05. The third-order valence-corrected chi connectivity index (χ3v) is 3.43. The van der Waals surface area contributed by atoms with Crippen molar-refractivity contribution in [3.05, 3.63) is 59.9 Å². The molecule has 0 bridgehead atoms. The number of nitrogens with zero attached hydrogens (tertiary/aromatic N) is 2. The minimum Gasteiger partial charge on any atom is -0.316 e. The highest BCUT2D eigenvalue weighted by Crippen LogP contribution is 2.20. The molecular formula is C16H17N3. The summed E-state index contributed by atoms with van der Waals surface area (Å²) in [6.45, 7) is 3.05. The lowest BCUT2D eigenvalue weighted by Crippen LogP contribution is -2.07. The van der Waals surface area contributed by atoms with Gasteiger partial charge >= 0.3 is 0 Å². The van der Waals surface area contributed by atoms with Gasteiger partial charge in [-0.25, -0.2) is 4.98 Å². The molecule has 0 aliphatic heterocycles. The molecule has 0 spiro atoms. The minimum atomic E-state index is 0.900. The molecule has 1 heterocycles. The molecule has 0 amide bonds. The van der Waals surface area contributed by atoms with Crippen LogP contribution in [-0.2, 0) is 6.54 Å². The van der Waals surface area contributed by atoms with Crippen LogP contribution in [0.2, 0.25) is 0 Å². The van der Waals surface area contributed by atoms with Gasteiger partial charge in [-0.3, -0.25) is 4.57 Å². The fourth-order valence-electron chi connectivity index (χ4n) is 2.38. The Morgan fingerprint density at radius 3 is 2.79 bits per heavy atom. The zero-order valence-corrected chi connectivity index (χ0v) is 11.2. The number of hydrogen-bond donors (Lipinski definition) is 1. The van der Waals surface area contributed by atoms with E-state index in [1.54, 1.807) is 0 Å². The molecule has 0 unspecified atom stereocenters. The average molecular weight is 251 g/mol. The number of nitrogens with one attached hydrogen (secondary N) is 1. The number of para-hydroxylation sites is 2. The predicted octanol–water partition coefficient (Wildman–Crippen LogP) is 3.05. The number of imidazole rings is 1. The Morgan fingerprint density at radius 2 is 2.00 bits per heavy atom. The summed E-state index contributed by atoms with van der Waals surface area (Å²) in [6, 6.07) is 14.7. The van der Waals surface area contributed by atoms with Crippen LogP contribution in [0.3, 0.4) is 0 Å². The first kappa shape index (κ1) is 11.9. The van der Waals surface area contributed by atoms with Gasteiger partial charge in [0.1, 0.15) is 6.33 Å². The summed E-state index contributed by atoms with van der Waals surface area (Å²) in [5, 5.41) is 3.19. The van der Waals surface area contributed by atoms with Crippen molar-refractivity contribution in [3.8, 4) is 5.69 Å². The van der Waals surface area contributed by atoms with Crippen LogP contribution in [0.4, 0.5) is 0 Å². The van der Waals surface area contributed by atoms with Crippen LogP contribution in [0.1, 0.15) is 11.1 Å². The Labute approximate surface area is 112 Å². The lowest BCUT2D eigenvalue weighted by molar-refractivity contribution is 0.811. The van der Waals surface area contributed by atoms with Gasteiger partial charge in [0.2, 0.25) is 0 Å². The summed E-state index contributed by atoms with van der Waals surface area (Å²) in [5.41, 5.74) is 5.95. The third kappa shape index (κ3) is 2.13. The highest BCUT2D eigenvalue weighted by molar-refractivity contribution is 5.77. The Kier molecular flexibility index (Phi) is 3.05. The molecule has 0 aliphatic rings. The molecular weight excluding hydrogens is 234 g/mol. The van der Waals surface area contributed by atoms with Gasteiger partial charge in [0.05, 0.1) is 11.0 Å². The number of fused-ring (bicyclic) bond motifs is 1. The number of aryl methyl sites for hydroxylation is 1. The standard InChI is InChI=1S/C16H17N3/c1-12-9-14(8-7-13(12)10-17-2)19-11-18-15-5-3-4-6-16(15)19/h3-9,11,17H,10H2,1-2H3. The number of rotatable bonds is 3. The molecule has 0 saturated heterocycles. The molecule has 0 radical (unpaired) electrons. The lowest BCUT2D eigenvalue weighted by Gasteiger charge is -2.09. The molecule has 2 aromatic carbocycles. The van der Waals surface area contributed by atoms with Gasteiger partial charge in [-0.05, 0) is 49.4 Å². The molecule has 1 aromatic heterocycles. The van der Waals surface area contributed by atoms with E-state index in [9.17, 15) is 0 Å². The van der Waals surface area contributed by atoms with E-state index in [1.807, 2.05) is 31.6 Å². The maximum absolute atomic E-state index is 4.43. The average Bonchev–Trinajstić information content (AvgIpc) is 2.85. The van der Waals surface area contributed by atoms with E-state index in [-0.39, 0.29) is 0 Å². The normalized spacial score (nSPS) is 11.1. The van der Waals surface area contributed by atoms with Crippen LogP contribution < -0.4 is 5.32 Å². The second kappa shape index (κ2) is 4.86. The summed E-state index contributed by atoms with van der Waals surface area (Å²) < 4.78 is 2.13. The van der Waals surface area contributed by atoms with E-state index >= 15 is 0 Å². The Balaban J connectivity index is 2.09. The minimum absolute atomic E-state index is 0.900. The quantitative estimate of drug-likeness (QED) is 0.775. The van der Waals surface area contributed by atoms with Gasteiger partial charge in [-0.15, -0.1) is 0 Å². The van der Waals surface area contributed by atoms with Crippen LogP contribution >= 0.6 is 0 Å². The molecule has 0 atom stereocenters. The van der Waals surface area contributed by atoms with Crippen molar-refractivity contribution in [1.82, 2.24) is 14.9 Å². The molecule has 96 valence electrons. The van der Waals surface area contributed by atoms with E-state index in [0.717, 1.165) is 23.3 Å². The smallest absolute Gasteiger partial charge is 0.100 e. The zero-order valence-electron chi connectivity index (χ0n) is 11.2. The summed E-state index contributed by atoms with van der Waals surface area (Å²) in [7, 11) is 1.97. The number of hydrogen-bond acceptors (Lipinski definition) is 2. The van der Waals surface area contributed by atoms with Crippen LogP contribution in [-0.4, -0.2) is 16.6 Å². The number of aromatic nitrogens is 2. The first-order valence-corrected chi connectivity index (χ1v) is 6.46. The SMILES string of the molecule is CNCc1ccc(-n2cnc3ccccc32)cc1C. The van der Waals surface area contributed by atoms with Crippen molar-refractivity contribution in [1.29, 1.82) is 0 Å². The second-order valence-corrected chi connectivity index (χ2v) is 4.74. The topological polar surface area (TPSA) is 29.9 Å². The molecule has 3 rings (SSSR count). The molecule has 1 N–H and O–H groups in total. The summed E-state index contributed by atoms with van der Waals surface area (Å²) in [5.74, 6) is 0. The van der Waals surface area contributed by atoms with Crippen LogP contribution in [0.15, 0.2) is 48.8 Å². The lowest BCUT2D eigenvalue weighted by atomic mass is 10.1. The summed E-state index contributed by atoms with van der Waals surface area (Å²) in [6.07, 6.45) is 1.89. The van der Waals surface area contributed by atoms with Gasteiger partial charge < -0.3 is 5.32 Å². The van der Waals surface area contributed by atoms with Crippen LogP contribution in [0.25, 0.3) is 16.7 Å². The fourth-order valence-corrected chi connectivity index (χ4v) is 2.38. The largest absolute Gasteiger partial charge is 0.316 e. The second-order valence-electron chi connectivity index (χ2n) is 4.74. The van der Waals surface area contributed by atoms with Gasteiger partial charge in [-0.1, -0.05) is 18.2 Å². The highest BCUT2D eigenvalue weighted by atomic mass is 15.0. The predicted molar refractivity (Wildman–Crippen MR) is 78.6 cm³/mol. The molecule has 19 heavy (non-hydrogen) atoms. The van der Waals surface area contributed by atoms with E-state index in [4.69, 9.17) is 0 Å². The van der Waals surface area contributed by atoms with Crippen molar-refractivity contribution < 1.29 is 0 Å². The van der Waals surface area contributed by atoms with Crippen molar-refractivity contribution >= 4 is 11.0 Å². The molecule has 3 aromatic rings.